The van der Waals surface area contributed by atoms with Crippen LogP contribution in [0.2, 0.25) is 0 Å². The Morgan fingerprint density at radius 3 is 2.30 bits per heavy atom. The lowest BCUT2D eigenvalue weighted by Gasteiger charge is -2.32. The molecule has 0 amide bonds. The number of rotatable bonds is 5. The first-order valence-electron chi connectivity index (χ1n) is 6.59. The topological polar surface area (TPSA) is 72.8 Å². The van der Waals surface area contributed by atoms with E-state index in [0.717, 1.165) is 0 Å². The van der Waals surface area contributed by atoms with Crippen molar-refractivity contribution in [3.63, 3.8) is 0 Å². The van der Waals surface area contributed by atoms with Crippen LogP contribution in [0.3, 0.4) is 0 Å². The Morgan fingerprint density at radius 2 is 1.90 bits per heavy atom. The largest absolute Gasteiger partial charge is 0.497 e. The third-order valence-corrected chi connectivity index (χ3v) is 3.73. The third kappa shape index (κ3) is 2.38. The lowest BCUT2D eigenvalue weighted by molar-refractivity contribution is -0.132. The normalized spacial score (nSPS) is 24.9. The van der Waals surface area contributed by atoms with Crippen LogP contribution in [0.4, 0.5) is 0 Å². The highest BCUT2D eigenvalue weighted by Gasteiger charge is 2.47. The maximum atomic E-state index is 12.5. The molecule has 0 saturated carbocycles. The lowest BCUT2D eigenvalue weighted by atomic mass is 9.80. The molecule has 112 valence electrons. The molecule has 0 aromatic carbocycles. The van der Waals surface area contributed by atoms with Gasteiger partial charge < -0.3 is 14.6 Å². The molecule has 5 heteroatoms. The molecule has 0 unspecified atom stereocenters. The Bertz CT molecular complexity index is 496. The molecule has 2 atom stereocenters. The van der Waals surface area contributed by atoms with E-state index in [-0.39, 0.29) is 34.4 Å². The average molecular weight is 282 g/mol. The van der Waals surface area contributed by atoms with Crippen molar-refractivity contribution in [1.29, 1.82) is 0 Å². The minimum absolute atomic E-state index is 0.0461. The van der Waals surface area contributed by atoms with E-state index in [4.69, 9.17) is 9.47 Å². The quantitative estimate of drug-likeness (QED) is 0.831. The highest BCUT2D eigenvalue weighted by atomic mass is 16.5. The average Bonchev–Trinajstić information content (AvgIpc) is 2.42. The van der Waals surface area contributed by atoms with Crippen LogP contribution >= 0.6 is 0 Å². The molecule has 1 rings (SSSR count). The summed E-state index contributed by atoms with van der Waals surface area (Å²) in [6, 6.07) is 0. The van der Waals surface area contributed by atoms with Gasteiger partial charge in [-0.25, -0.2) is 0 Å². The first-order valence-corrected chi connectivity index (χ1v) is 6.59. The Morgan fingerprint density at radius 1 is 1.35 bits per heavy atom. The molecule has 0 bridgehead atoms. The Kier molecular flexibility index (Phi) is 4.76. The second kappa shape index (κ2) is 5.79. The van der Waals surface area contributed by atoms with E-state index < -0.39 is 11.4 Å². The summed E-state index contributed by atoms with van der Waals surface area (Å²) in [5.41, 5.74) is -1.46. The van der Waals surface area contributed by atoms with Gasteiger partial charge in [0.2, 0.25) is 5.78 Å². The number of carbonyl (C=O) groups is 2. The molecule has 1 aliphatic rings. The number of hydrogen-bond donors (Lipinski definition) is 1. The van der Waals surface area contributed by atoms with Gasteiger partial charge in [0.15, 0.2) is 11.4 Å². The molecule has 1 aliphatic carbocycles. The zero-order valence-electron chi connectivity index (χ0n) is 12.9. The Hall–Kier alpha value is -1.62. The van der Waals surface area contributed by atoms with Crippen LogP contribution in [-0.2, 0) is 19.1 Å². The molecule has 5 nitrogen and oxygen atoms in total. The van der Waals surface area contributed by atoms with Crippen LogP contribution in [0.5, 0.6) is 0 Å². The van der Waals surface area contributed by atoms with Gasteiger partial charge in [-0.2, -0.15) is 0 Å². The summed E-state index contributed by atoms with van der Waals surface area (Å²) in [7, 11) is 2.72. The molecule has 0 aromatic rings. The highest BCUT2D eigenvalue weighted by Crippen LogP contribution is 2.37. The van der Waals surface area contributed by atoms with Crippen molar-refractivity contribution in [2.45, 2.75) is 39.7 Å². The summed E-state index contributed by atoms with van der Waals surface area (Å²) >= 11 is 0. The number of ether oxygens (including phenoxy) is 2. The molecule has 0 radical (unpaired) electrons. The molecule has 0 fully saturated rings. The van der Waals surface area contributed by atoms with Crippen LogP contribution in [0.25, 0.3) is 0 Å². The zero-order valence-corrected chi connectivity index (χ0v) is 12.9. The van der Waals surface area contributed by atoms with E-state index in [9.17, 15) is 14.7 Å². The van der Waals surface area contributed by atoms with Gasteiger partial charge in [0.25, 0.3) is 0 Å². The molecule has 0 saturated heterocycles. The van der Waals surface area contributed by atoms with E-state index in [0.29, 0.717) is 6.42 Å². The van der Waals surface area contributed by atoms with Crippen molar-refractivity contribution < 1.29 is 24.2 Å². The summed E-state index contributed by atoms with van der Waals surface area (Å²) in [5, 5.41) is 10.4. The predicted molar refractivity (Wildman–Crippen MR) is 73.8 cm³/mol. The fourth-order valence-electron chi connectivity index (χ4n) is 2.32. The molecule has 20 heavy (non-hydrogen) atoms. The van der Waals surface area contributed by atoms with Crippen molar-refractivity contribution in [3.8, 4) is 0 Å². The summed E-state index contributed by atoms with van der Waals surface area (Å²) in [5.74, 6) is -0.837. The van der Waals surface area contributed by atoms with Gasteiger partial charge in [0.05, 0.1) is 14.2 Å². The van der Waals surface area contributed by atoms with Crippen molar-refractivity contribution in [1.82, 2.24) is 0 Å². The fourth-order valence-corrected chi connectivity index (χ4v) is 2.32. The number of carbonyl (C=O) groups excluding carboxylic acids is 2. The molecule has 0 aromatic heterocycles. The number of hydrogen-bond acceptors (Lipinski definition) is 5. The molecule has 0 spiro atoms. The van der Waals surface area contributed by atoms with Gasteiger partial charge in [-0.3, -0.25) is 9.59 Å². The van der Waals surface area contributed by atoms with Crippen molar-refractivity contribution in [3.05, 3.63) is 22.7 Å². The van der Waals surface area contributed by atoms with Gasteiger partial charge >= 0.3 is 0 Å². The Labute approximate surface area is 119 Å². The lowest BCUT2D eigenvalue weighted by Crippen LogP contribution is -2.44. The van der Waals surface area contributed by atoms with Crippen molar-refractivity contribution >= 4 is 11.6 Å². The molecule has 0 heterocycles. The zero-order chi connectivity index (χ0) is 15.7. The van der Waals surface area contributed by atoms with Crippen LogP contribution in [0.15, 0.2) is 22.7 Å². The summed E-state index contributed by atoms with van der Waals surface area (Å²) < 4.78 is 10.4. The van der Waals surface area contributed by atoms with E-state index in [1.54, 1.807) is 6.92 Å². The van der Waals surface area contributed by atoms with E-state index in [1.807, 2.05) is 6.92 Å². The second-order valence-electron chi connectivity index (χ2n) is 5.14. The molecular formula is C15H22O5. The van der Waals surface area contributed by atoms with Gasteiger partial charge in [0, 0.05) is 11.5 Å². The minimum atomic E-state index is -1.85. The minimum Gasteiger partial charge on any atom is -0.497 e. The maximum absolute atomic E-state index is 12.5. The van der Waals surface area contributed by atoms with E-state index >= 15 is 0 Å². The predicted octanol–water partition coefficient (Wildman–Crippen LogP) is 1.76. The van der Waals surface area contributed by atoms with Crippen LogP contribution in [0.1, 0.15) is 34.1 Å². The first-order chi connectivity index (χ1) is 9.23. The SMILES string of the molecule is CC[C@H](C)C(=O)C1=C(OC)[C@](C)(O)C(=O)C(C)=C1OC. The van der Waals surface area contributed by atoms with Gasteiger partial charge in [-0.15, -0.1) is 0 Å². The highest BCUT2D eigenvalue weighted by molar-refractivity contribution is 6.12. The van der Waals surface area contributed by atoms with Gasteiger partial charge in [0.1, 0.15) is 17.1 Å². The maximum Gasteiger partial charge on any atom is 0.201 e. The van der Waals surface area contributed by atoms with E-state index in [2.05, 4.69) is 0 Å². The van der Waals surface area contributed by atoms with Crippen LogP contribution in [-0.4, -0.2) is 36.5 Å². The summed E-state index contributed by atoms with van der Waals surface area (Å²) in [6.07, 6.45) is 0.644. The summed E-state index contributed by atoms with van der Waals surface area (Å²) in [4.78, 5) is 24.7. The molecule has 1 N–H and O–H groups in total. The Balaban J connectivity index is 3.60. The molecule has 0 aliphatic heterocycles. The number of allylic oxidation sites excluding steroid dienone is 1. The van der Waals surface area contributed by atoms with Gasteiger partial charge in [-0.05, 0) is 20.3 Å². The monoisotopic (exact) mass is 282 g/mol. The number of ketones is 2. The second-order valence-corrected chi connectivity index (χ2v) is 5.14. The van der Waals surface area contributed by atoms with Crippen LogP contribution in [0, 0.1) is 5.92 Å². The number of Topliss-reactive ketones (excluding diaryl/α,β-unsaturated/α-hetero) is 2. The first kappa shape index (κ1) is 16.4. The smallest absolute Gasteiger partial charge is 0.201 e. The standard InChI is InChI=1S/C15H22O5/c1-7-8(2)11(16)10-12(19-5)9(3)13(17)15(4,18)14(10)20-6/h8,18H,7H2,1-6H3/t8-,15+/m0/s1. The molecular weight excluding hydrogens is 260 g/mol. The fraction of sp³-hybridized carbons (Fsp3) is 0.600. The van der Waals surface area contributed by atoms with Gasteiger partial charge in [-0.1, -0.05) is 13.8 Å². The van der Waals surface area contributed by atoms with Crippen LogP contribution < -0.4 is 0 Å². The number of methoxy groups -OCH3 is 2. The van der Waals surface area contributed by atoms with E-state index in [1.165, 1.54) is 28.1 Å². The number of aliphatic hydroxyl groups is 1. The third-order valence-electron chi connectivity index (χ3n) is 3.73. The van der Waals surface area contributed by atoms with Crippen molar-refractivity contribution in [2.75, 3.05) is 14.2 Å². The summed E-state index contributed by atoms with van der Waals surface area (Å²) in [6.45, 7) is 6.54. The van der Waals surface area contributed by atoms with Crippen molar-refractivity contribution in [2.24, 2.45) is 5.92 Å².